The maximum Gasteiger partial charge on any atom is 0.183 e. The third-order valence-corrected chi connectivity index (χ3v) is 5.99. The maximum absolute atomic E-state index is 5.53. The van der Waals surface area contributed by atoms with Crippen molar-refractivity contribution in [1.82, 2.24) is 9.97 Å². The number of hydrogen-bond donors (Lipinski definition) is 2. The largest absolute Gasteiger partial charge is 0.365 e. The number of aryl methyl sites for hydroxylation is 1. The van der Waals surface area contributed by atoms with E-state index in [9.17, 15) is 0 Å². The summed E-state index contributed by atoms with van der Waals surface area (Å²) in [5.74, 6) is 0. The minimum absolute atomic E-state index is 0.493. The Kier molecular flexibility index (Phi) is 7.99. The van der Waals surface area contributed by atoms with Crippen LogP contribution in [0.1, 0.15) is 61.3 Å². The molecular formula is C17H28N4S2. The second-order valence-electron chi connectivity index (χ2n) is 5.82. The van der Waals surface area contributed by atoms with Crippen LogP contribution in [0.25, 0.3) is 10.6 Å². The molecule has 1 saturated carbocycles. The highest BCUT2D eigenvalue weighted by Gasteiger charge is 2.11. The molecule has 3 rings (SSSR count). The van der Waals surface area contributed by atoms with Gasteiger partial charge in [0.2, 0.25) is 0 Å². The summed E-state index contributed by atoms with van der Waals surface area (Å²) >= 11 is 3.26. The van der Waals surface area contributed by atoms with E-state index in [4.69, 9.17) is 5.73 Å². The fourth-order valence-electron chi connectivity index (χ4n) is 2.66. The van der Waals surface area contributed by atoms with Gasteiger partial charge in [-0.05, 0) is 6.92 Å². The number of thiazole rings is 2. The molecule has 1 aliphatic carbocycles. The van der Waals surface area contributed by atoms with Crippen LogP contribution in [0.3, 0.4) is 0 Å². The van der Waals surface area contributed by atoms with Gasteiger partial charge in [0.1, 0.15) is 5.01 Å². The van der Waals surface area contributed by atoms with Crippen molar-refractivity contribution in [2.24, 2.45) is 5.73 Å². The first-order chi connectivity index (χ1) is 11.2. The van der Waals surface area contributed by atoms with E-state index < -0.39 is 0 Å². The van der Waals surface area contributed by atoms with Crippen LogP contribution in [-0.4, -0.2) is 17.0 Å². The number of nitrogens with one attached hydrogen (secondary N) is 1. The van der Waals surface area contributed by atoms with Gasteiger partial charge in [-0.3, -0.25) is 0 Å². The van der Waals surface area contributed by atoms with E-state index in [1.807, 2.05) is 13.2 Å². The summed E-state index contributed by atoms with van der Waals surface area (Å²) in [5, 5.41) is 4.93. The predicted molar refractivity (Wildman–Crippen MR) is 102 cm³/mol. The minimum Gasteiger partial charge on any atom is -0.365 e. The lowest BCUT2D eigenvalue weighted by Crippen LogP contribution is -1.93. The van der Waals surface area contributed by atoms with Gasteiger partial charge in [-0.2, -0.15) is 0 Å². The number of aromatic nitrogens is 2. The van der Waals surface area contributed by atoms with Crippen molar-refractivity contribution in [3.05, 3.63) is 16.1 Å². The first-order valence-electron chi connectivity index (χ1n) is 8.55. The predicted octanol–water partition coefficient (Wildman–Crippen LogP) is 5.20. The van der Waals surface area contributed by atoms with Crippen molar-refractivity contribution in [3.8, 4) is 10.6 Å². The van der Waals surface area contributed by atoms with Crippen LogP contribution in [0.4, 0.5) is 5.13 Å². The molecule has 2 aromatic heterocycles. The summed E-state index contributed by atoms with van der Waals surface area (Å²) in [7, 11) is 1.88. The summed E-state index contributed by atoms with van der Waals surface area (Å²) in [4.78, 5) is 11.0. The van der Waals surface area contributed by atoms with Crippen molar-refractivity contribution in [3.63, 3.8) is 0 Å². The molecule has 0 saturated heterocycles. The van der Waals surface area contributed by atoms with Crippen LogP contribution in [0, 0.1) is 6.92 Å². The molecule has 1 fully saturated rings. The van der Waals surface area contributed by atoms with Gasteiger partial charge in [0.05, 0.1) is 10.6 Å². The molecule has 23 heavy (non-hydrogen) atoms. The average molecular weight is 353 g/mol. The second-order valence-corrected chi connectivity index (χ2v) is 8.14. The third kappa shape index (κ3) is 5.86. The van der Waals surface area contributed by atoms with Gasteiger partial charge in [0, 0.05) is 24.7 Å². The summed E-state index contributed by atoms with van der Waals surface area (Å²) in [6.45, 7) is 2.56. The Hall–Kier alpha value is -0.980. The van der Waals surface area contributed by atoms with E-state index in [1.165, 1.54) is 56.2 Å². The van der Waals surface area contributed by atoms with Crippen molar-refractivity contribution in [2.45, 2.75) is 64.8 Å². The Balaban J connectivity index is 0.000000203. The van der Waals surface area contributed by atoms with Crippen molar-refractivity contribution in [2.75, 3.05) is 12.4 Å². The van der Waals surface area contributed by atoms with Crippen LogP contribution < -0.4 is 11.1 Å². The third-order valence-electron chi connectivity index (χ3n) is 3.97. The van der Waals surface area contributed by atoms with Gasteiger partial charge in [-0.15, -0.1) is 22.7 Å². The normalized spacial score (nSPS) is 15.3. The monoisotopic (exact) mass is 352 g/mol. The van der Waals surface area contributed by atoms with E-state index in [0.29, 0.717) is 6.54 Å². The van der Waals surface area contributed by atoms with E-state index >= 15 is 0 Å². The molecular weight excluding hydrogens is 324 g/mol. The molecule has 0 bridgehead atoms. The zero-order chi connectivity index (χ0) is 16.5. The molecule has 0 unspecified atom stereocenters. The van der Waals surface area contributed by atoms with Gasteiger partial charge in [-0.25, -0.2) is 9.97 Å². The fourth-order valence-corrected chi connectivity index (χ4v) is 4.35. The zero-order valence-electron chi connectivity index (χ0n) is 14.2. The average Bonchev–Trinajstić information content (AvgIpc) is 3.13. The molecule has 0 aromatic carbocycles. The van der Waals surface area contributed by atoms with Crippen LogP contribution in [-0.2, 0) is 6.54 Å². The summed E-state index contributed by atoms with van der Waals surface area (Å²) < 4.78 is 0. The molecule has 0 atom stereocenters. The summed E-state index contributed by atoms with van der Waals surface area (Å²) in [5.41, 5.74) is 6.54. The lowest BCUT2D eigenvalue weighted by atomic mass is 10.0. The van der Waals surface area contributed by atoms with Gasteiger partial charge in [0.15, 0.2) is 5.13 Å². The Labute approximate surface area is 147 Å². The second kappa shape index (κ2) is 10.0. The van der Waals surface area contributed by atoms with E-state index in [-0.39, 0.29) is 0 Å². The number of anilines is 1. The van der Waals surface area contributed by atoms with Crippen molar-refractivity contribution in [1.29, 1.82) is 0 Å². The fraction of sp³-hybridized carbons (Fsp3) is 0.647. The zero-order valence-corrected chi connectivity index (χ0v) is 15.9. The van der Waals surface area contributed by atoms with E-state index in [2.05, 4.69) is 22.2 Å². The number of rotatable bonds is 3. The van der Waals surface area contributed by atoms with E-state index in [1.54, 1.807) is 22.7 Å². The van der Waals surface area contributed by atoms with Gasteiger partial charge < -0.3 is 11.1 Å². The van der Waals surface area contributed by atoms with Crippen LogP contribution in [0.5, 0.6) is 0 Å². The van der Waals surface area contributed by atoms with Crippen LogP contribution in [0.15, 0.2) is 6.20 Å². The Morgan fingerprint density at radius 1 is 1.04 bits per heavy atom. The molecule has 2 aromatic rings. The van der Waals surface area contributed by atoms with Crippen molar-refractivity contribution < 1.29 is 0 Å². The summed E-state index contributed by atoms with van der Waals surface area (Å²) in [6, 6.07) is 0. The number of nitrogens with two attached hydrogens (primary N) is 1. The molecule has 0 spiro atoms. The van der Waals surface area contributed by atoms with Crippen LogP contribution >= 0.6 is 22.7 Å². The molecule has 6 heteroatoms. The Morgan fingerprint density at radius 3 is 2.00 bits per heavy atom. The first-order valence-corrected chi connectivity index (χ1v) is 10.2. The minimum atomic E-state index is 0.493. The highest BCUT2D eigenvalue weighted by molar-refractivity contribution is 7.17. The van der Waals surface area contributed by atoms with Gasteiger partial charge in [0.25, 0.3) is 0 Å². The molecule has 1 aliphatic rings. The number of hydrogen-bond acceptors (Lipinski definition) is 6. The van der Waals surface area contributed by atoms with Gasteiger partial charge in [-0.1, -0.05) is 51.4 Å². The quantitative estimate of drug-likeness (QED) is 0.797. The smallest absolute Gasteiger partial charge is 0.183 e. The topological polar surface area (TPSA) is 63.8 Å². The molecule has 0 amide bonds. The molecule has 3 N–H and O–H groups in total. The number of nitrogens with zero attached hydrogens (tertiary/aromatic N) is 2. The Bertz CT molecular complexity index is 553. The highest BCUT2D eigenvalue weighted by Crippen LogP contribution is 2.33. The molecule has 0 radical (unpaired) electrons. The van der Waals surface area contributed by atoms with Crippen LogP contribution in [0.2, 0.25) is 0 Å². The molecule has 128 valence electrons. The summed E-state index contributed by atoms with van der Waals surface area (Å²) in [6.07, 6.45) is 13.8. The van der Waals surface area contributed by atoms with E-state index in [0.717, 1.165) is 20.7 Å². The molecule has 0 aliphatic heterocycles. The lowest BCUT2D eigenvalue weighted by Gasteiger charge is -2.05. The molecule has 4 nitrogen and oxygen atoms in total. The lowest BCUT2D eigenvalue weighted by molar-refractivity contribution is 0.504. The van der Waals surface area contributed by atoms with Crippen molar-refractivity contribution >= 4 is 27.8 Å². The highest BCUT2D eigenvalue weighted by atomic mass is 32.1. The molecule has 2 heterocycles. The Morgan fingerprint density at radius 2 is 1.61 bits per heavy atom. The maximum atomic E-state index is 5.53. The SMILES string of the molecule is C1CCCCCCC1.CNc1nc(-c2cnc(CN)s2)c(C)s1. The van der Waals surface area contributed by atoms with Gasteiger partial charge >= 0.3 is 0 Å². The first kappa shape index (κ1) is 18.4. The standard InChI is InChI=1S/C9H12N4S2.C8H16/c1-5-8(13-9(11-2)14-5)6-4-12-7(3-10)15-6;1-2-4-6-8-7-5-3-1/h4H,3,10H2,1-2H3,(H,11,13);1-8H2.